The Hall–Kier alpha value is -3.22. The van der Waals surface area contributed by atoms with Gasteiger partial charge in [0.1, 0.15) is 0 Å². The van der Waals surface area contributed by atoms with Crippen LogP contribution in [0.15, 0.2) is 36.4 Å². The Morgan fingerprint density at radius 2 is 1.97 bits per heavy atom. The minimum Gasteiger partial charge on any atom is -0.436 e. The molecule has 1 aliphatic heterocycles. The number of halogens is 1. The Balaban J connectivity index is 1.27. The molecule has 2 saturated carbocycles. The second-order valence-corrected chi connectivity index (χ2v) is 8.83. The van der Waals surface area contributed by atoms with Crippen LogP contribution in [0.1, 0.15) is 53.6 Å². The predicted molar refractivity (Wildman–Crippen MR) is 112 cm³/mol. The fourth-order valence-electron chi connectivity index (χ4n) is 4.31. The van der Waals surface area contributed by atoms with Crippen molar-refractivity contribution >= 4 is 5.91 Å². The number of aryl methyl sites for hydroxylation is 1. The molecule has 3 aromatic rings. The highest BCUT2D eigenvalue weighted by molar-refractivity contribution is 5.94. The molecule has 2 aromatic heterocycles. The van der Waals surface area contributed by atoms with Crippen molar-refractivity contribution in [1.82, 2.24) is 19.4 Å². The van der Waals surface area contributed by atoms with Crippen molar-refractivity contribution in [2.75, 3.05) is 6.54 Å². The average Bonchev–Trinajstić information content (AvgIpc) is 3.67. The fourth-order valence-corrected chi connectivity index (χ4v) is 4.31. The van der Waals surface area contributed by atoms with Crippen LogP contribution in [0.5, 0.6) is 11.6 Å². The molecule has 6 rings (SSSR count). The number of nitrogens with zero attached hydrogens (tertiary/aromatic N) is 4. The van der Waals surface area contributed by atoms with E-state index in [1.807, 2.05) is 34.6 Å². The molecule has 0 bridgehead atoms. The topological polar surface area (TPSA) is 60.2 Å². The van der Waals surface area contributed by atoms with Crippen LogP contribution in [0.4, 0.5) is 4.39 Å². The molecule has 0 atom stereocenters. The molecule has 2 aliphatic carbocycles. The Kier molecular flexibility index (Phi) is 4.13. The normalized spacial score (nSPS) is 17.9. The number of hydrogen-bond donors (Lipinski definition) is 0. The quantitative estimate of drug-likeness (QED) is 0.572. The maximum absolute atomic E-state index is 15.0. The first-order chi connectivity index (χ1) is 15.1. The third kappa shape index (κ3) is 3.38. The Labute approximate surface area is 179 Å². The maximum atomic E-state index is 15.0. The highest BCUT2D eigenvalue weighted by Gasteiger charge is 2.36. The molecular weight excluding hydrogens is 395 g/mol. The van der Waals surface area contributed by atoms with Crippen LogP contribution in [-0.4, -0.2) is 31.9 Å². The zero-order valence-corrected chi connectivity index (χ0v) is 17.3. The molecule has 6 nitrogen and oxygen atoms in total. The van der Waals surface area contributed by atoms with Gasteiger partial charge in [0, 0.05) is 29.8 Å². The predicted octanol–water partition coefficient (Wildman–Crippen LogP) is 4.89. The summed E-state index contributed by atoms with van der Waals surface area (Å²) in [6, 6.07) is 10.5. The van der Waals surface area contributed by atoms with Gasteiger partial charge in [0.25, 0.3) is 5.91 Å². The molecule has 0 unspecified atom stereocenters. The van der Waals surface area contributed by atoms with E-state index in [4.69, 9.17) is 4.74 Å². The summed E-state index contributed by atoms with van der Waals surface area (Å²) in [5, 5.41) is 0. The number of carbonyl (C=O) groups excluding carboxylic acids is 1. The van der Waals surface area contributed by atoms with Gasteiger partial charge in [-0.2, -0.15) is 0 Å². The molecule has 0 saturated heterocycles. The van der Waals surface area contributed by atoms with Crippen LogP contribution < -0.4 is 4.74 Å². The summed E-state index contributed by atoms with van der Waals surface area (Å²) in [4.78, 5) is 23.5. The van der Waals surface area contributed by atoms with E-state index in [0.717, 1.165) is 36.5 Å². The third-order valence-electron chi connectivity index (χ3n) is 6.27. The Bertz CT molecular complexity index is 1200. The Morgan fingerprint density at radius 3 is 2.71 bits per heavy atom. The summed E-state index contributed by atoms with van der Waals surface area (Å²) in [6.45, 7) is 3.10. The van der Waals surface area contributed by atoms with Gasteiger partial charge >= 0.3 is 0 Å². The van der Waals surface area contributed by atoms with E-state index in [1.54, 1.807) is 12.1 Å². The molecule has 3 heterocycles. The van der Waals surface area contributed by atoms with E-state index in [0.29, 0.717) is 35.8 Å². The summed E-state index contributed by atoms with van der Waals surface area (Å²) in [6.07, 6.45) is 4.66. The van der Waals surface area contributed by atoms with Crippen LogP contribution in [-0.2, 0) is 6.67 Å². The van der Waals surface area contributed by atoms with Crippen LogP contribution in [0.2, 0.25) is 0 Å². The van der Waals surface area contributed by atoms with Crippen molar-refractivity contribution in [1.29, 1.82) is 0 Å². The van der Waals surface area contributed by atoms with Gasteiger partial charge in [0.15, 0.2) is 11.6 Å². The summed E-state index contributed by atoms with van der Waals surface area (Å²) >= 11 is 0. The first-order valence-electron chi connectivity index (χ1n) is 10.9. The van der Waals surface area contributed by atoms with E-state index in [-0.39, 0.29) is 11.7 Å². The number of hydrogen-bond acceptors (Lipinski definition) is 4. The summed E-state index contributed by atoms with van der Waals surface area (Å²) in [7, 11) is 0. The number of ether oxygens (including phenoxy) is 1. The van der Waals surface area contributed by atoms with Gasteiger partial charge in [-0.3, -0.25) is 4.79 Å². The number of imidazole rings is 1. The van der Waals surface area contributed by atoms with E-state index in [1.165, 1.54) is 18.9 Å². The van der Waals surface area contributed by atoms with E-state index < -0.39 is 5.82 Å². The van der Waals surface area contributed by atoms with E-state index in [9.17, 15) is 9.18 Å². The molecule has 158 valence electrons. The molecule has 31 heavy (non-hydrogen) atoms. The zero-order valence-electron chi connectivity index (χ0n) is 17.3. The van der Waals surface area contributed by atoms with Gasteiger partial charge in [-0.15, -0.1) is 0 Å². The van der Waals surface area contributed by atoms with Gasteiger partial charge in [0.05, 0.1) is 18.1 Å². The van der Waals surface area contributed by atoms with Crippen molar-refractivity contribution in [2.45, 2.75) is 45.2 Å². The van der Waals surface area contributed by atoms with Crippen LogP contribution in [0.25, 0.3) is 11.3 Å². The van der Waals surface area contributed by atoms with Crippen molar-refractivity contribution in [2.24, 2.45) is 5.92 Å². The lowest BCUT2D eigenvalue weighted by Crippen LogP contribution is -2.27. The number of amides is 1. The molecule has 0 spiro atoms. The molecule has 0 radical (unpaired) electrons. The largest absolute Gasteiger partial charge is 0.436 e. The van der Waals surface area contributed by atoms with Crippen LogP contribution >= 0.6 is 0 Å². The van der Waals surface area contributed by atoms with Gasteiger partial charge in [-0.1, -0.05) is 6.07 Å². The van der Waals surface area contributed by atoms with Crippen molar-refractivity contribution in [3.63, 3.8) is 0 Å². The number of carbonyl (C=O) groups is 1. The number of fused-ring (bicyclic) bond motifs is 1. The minimum atomic E-state index is -0.467. The monoisotopic (exact) mass is 418 g/mol. The van der Waals surface area contributed by atoms with Gasteiger partial charge in [0.2, 0.25) is 11.7 Å². The molecule has 1 amide bonds. The molecule has 3 aliphatic rings. The van der Waals surface area contributed by atoms with E-state index in [2.05, 4.69) is 9.97 Å². The number of pyridine rings is 1. The summed E-state index contributed by atoms with van der Waals surface area (Å²) < 4.78 is 22.6. The van der Waals surface area contributed by atoms with Gasteiger partial charge in [-0.25, -0.2) is 14.4 Å². The standard InChI is InChI=1S/C24H23FN4O2/c1-14-22(29-13-28(12-15-5-6-15)24(30)23(29)26-14)17-9-10-20(18(25)11-17)31-21-4-2-3-19(27-21)16-7-8-16/h2-4,9-11,15-16H,5-8,12-13H2,1H3. The minimum absolute atomic E-state index is 0.0386. The number of aromatic nitrogens is 3. The molecule has 2 fully saturated rings. The second-order valence-electron chi connectivity index (χ2n) is 8.83. The summed E-state index contributed by atoms with van der Waals surface area (Å²) in [5.74, 6) is 1.58. The molecule has 1 aromatic carbocycles. The first kappa shape index (κ1) is 18.5. The van der Waals surface area contributed by atoms with Gasteiger partial charge in [-0.05, 0) is 62.8 Å². The molecule has 7 heteroatoms. The lowest BCUT2D eigenvalue weighted by molar-refractivity contribution is 0.0758. The lowest BCUT2D eigenvalue weighted by atomic mass is 10.1. The van der Waals surface area contributed by atoms with Crippen molar-refractivity contribution in [3.05, 3.63) is 59.4 Å². The number of benzene rings is 1. The fraction of sp³-hybridized carbons (Fsp3) is 0.375. The van der Waals surface area contributed by atoms with Crippen LogP contribution in [0.3, 0.4) is 0 Å². The van der Waals surface area contributed by atoms with Crippen molar-refractivity contribution < 1.29 is 13.9 Å². The first-order valence-corrected chi connectivity index (χ1v) is 10.9. The summed E-state index contributed by atoms with van der Waals surface area (Å²) in [5.41, 5.74) is 3.18. The smallest absolute Gasteiger partial charge is 0.291 e. The highest BCUT2D eigenvalue weighted by Crippen LogP contribution is 2.40. The van der Waals surface area contributed by atoms with Crippen molar-refractivity contribution in [3.8, 4) is 22.9 Å². The van der Waals surface area contributed by atoms with Gasteiger partial charge < -0.3 is 14.2 Å². The highest BCUT2D eigenvalue weighted by atomic mass is 19.1. The maximum Gasteiger partial charge on any atom is 0.291 e. The average molecular weight is 418 g/mol. The number of rotatable bonds is 6. The molecular formula is C24H23FN4O2. The SMILES string of the molecule is Cc1nc2n(c1-c1ccc(Oc3cccc(C4CC4)n3)c(F)c1)CN(CC1CC1)C2=O. The second kappa shape index (κ2) is 6.90. The van der Waals surface area contributed by atoms with E-state index >= 15 is 0 Å². The van der Waals surface area contributed by atoms with Crippen LogP contribution in [0, 0.1) is 18.7 Å². The lowest BCUT2D eigenvalue weighted by Gasteiger charge is -2.16. The molecule has 0 N–H and O–H groups in total. The Morgan fingerprint density at radius 1 is 1.13 bits per heavy atom. The zero-order chi connectivity index (χ0) is 21.1. The third-order valence-corrected chi connectivity index (χ3v) is 6.27.